The molecule has 0 atom stereocenters. The lowest BCUT2D eigenvalue weighted by Gasteiger charge is -2.08. The molecule has 0 saturated carbocycles. The van der Waals surface area contributed by atoms with Gasteiger partial charge in [0.1, 0.15) is 0 Å². The zero-order valence-corrected chi connectivity index (χ0v) is 13.2. The van der Waals surface area contributed by atoms with Crippen molar-refractivity contribution < 1.29 is 14.3 Å². The lowest BCUT2D eigenvalue weighted by molar-refractivity contribution is -0.119. The topological polar surface area (TPSA) is 68.3 Å². The molecular formula is C14H9Cl3N2O3. The highest BCUT2D eigenvalue weighted by molar-refractivity contribution is 6.36. The molecule has 0 aliphatic heterocycles. The van der Waals surface area contributed by atoms with Crippen molar-refractivity contribution in [2.75, 3.05) is 11.9 Å². The van der Waals surface area contributed by atoms with Gasteiger partial charge in [-0.25, -0.2) is 9.78 Å². The van der Waals surface area contributed by atoms with Crippen LogP contribution >= 0.6 is 34.8 Å². The number of ether oxygens (including phenoxy) is 1. The van der Waals surface area contributed by atoms with Gasteiger partial charge >= 0.3 is 5.97 Å². The Labute approximate surface area is 141 Å². The van der Waals surface area contributed by atoms with Crippen molar-refractivity contribution in [3.8, 4) is 0 Å². The fourth-order valence-corrected chi connectivity index (χ4v) is 2.15. The highest BCUT2D eigenvalue weighted by atomic mass is 35.5. The quantitative estimate of drug-likeness (QED) is 0.842. The molecular weight excluding hydrogens is 351 g/mol. The van der Waals surface area contributed by atoms with E-state index in [9.17, 15) is 9.59 Å². The molecule has 1 aromatic carbocycles. The number of nitrogens with one attached hydrogen (secondary N) is 1. The Bertz CT molecular complexity index is 722. The second-order valence-corrected chi connectivity index (χ2v) is 5.34. The summed E-state index contributed by atoms with van der Waals surface area (Å²) in [5, 5.41) is 3.17. The number of pyridine rings is 1. The first-order valence-corrected chi connectivity index (χ1v) is 7.13. The van der Waals surface area contributed by atoms with Gasteiger partial charge in [-0.1, -0.05) is 46.9 Å². The van der Waals surface area contributed by atoms with Gasteiger partial charge < -0.3 is 10.1 Å². The van der Waals surface area contributed by atoms with E-state index in [1.165, 1.54) is 18.3 Å². The van der Waals surface area contributed by atoms with Crippen molar-refractivity contribution in [1.82, 2.24) is 4.98 Å². The molecule has 2 aromatic rings. The minimum Gasteiger partial charge on any atom is -0.452 e. The molecule has 0 aliphatic rings. The van der Waals surface area contributed by atoms with Gasteiger partial charge in [0, 0.05) is 6.20 Å². The van der Waals surface area contributed by atoms with Crippen LogP contribution < -0.4 is 5.32 Å². The minimum absolute atomic E-state index is 0.129. The number of halogens is 3. The monoisotopic (exact) mass is 358 g/mol. The molecule has 1 heterocycles. The van der Waals surface area contributed by atoms with Crippen LogP contribution in [-0.4, -0.2) is 23.5 Å². The maximum absolute atomic E-state index is 11.8. The maximum Gasteiger partial charge on any atom is 0.340 e. The van der Waals surface area contributed by atoms with Crippen LogP contribution in [0.2, 0.25) is 15.1 Å². The molecule has 114 valence electrons. The van der Waals surface area contributed by atoms with E-state index >= 15 is 0 Å². The third kappa shape index (κ3) is 4.34. The van der Waals surface area contributed by atoms with Crippen molar-refractivity contribution >= 4 is 52.5 Å². The fraction of sp³-hybridized carbons (Fsp3) is 0.0714. The molecule has 0 spiro atoms. The third-order valence-electron chi connectivity index (χ3n) is 2.49. The molecule has 8 heteroatoms. The summed E-state index contributed by atoms with van der Waals surface area (Å²) in [6.45, 7) is -0.495. The number of carbonyl (C=O) groups is 2. The van der Waals surface area contributed by atoms with Crippen molar-refractivity contribution in [3.63, 3.8) is 0 Å². The highest BCUT2D eigenvalue weighted by Crippen LogP contribution is 2.22. The van der Waals surface area contributed by atoms with Gasteiger partial charge in [-0.3, -0.25) is 4.79 Å². The first kappa shape index (κ1) is 16.5. The molecule has 2 rings (SSSR count). The number of nitrogens with zero attached hydrogens (tertiary/aromatic N) is 1. The van der Waals surface area contributed by atoms with Crippen LogP contribution in [0.3, 0.4) is 0 Å². The number of anilines is 1. The minimum atomic E-state index is -0.698. The van der Waals surface area contributed by atoms with Crippen LogP contribution in [0.4, 0.5) is 5.82 Å². The number of hydrogen-bond donors (Lipinski definition) is 1. The zero-order valence-electron chi connectivity index (χ0n) is 11.0. The molecule has 0 radical (unpaired) electrons. The van der Waals surface area contributed by atoms with Gasteiger partial charge in [-0.2, -0.15) is 0 Å². The van der Waals surface area contributed by atoms with E-state index in [-0.39, 0.29) is 21.4 Å². The van der Waals surface area contributed by atoms with Crippen LogP contribution in [0.15, 0.2) is 36.5 Å². The smallest absolute Gasteiger partial charge is 0.340 e. The molecule has 5 nitrogen and oxygen atoms in total. The number of carbonyl (C=O) groups excluding carboxylic acids is 2. The van der Waals surface area contributed by atoms with Crippen LogP contribution in [0, 0.1) is 0 Å². The van der Waals surface area contributed by atoms with E-state index in [0.29, 0.717) is 5.02 Å². The van der Waals surface area contributed by atoms with Gasteiger partial charge in [0.05, 0.1) is 20.6 Å². The van der Waals surface area contributed by atoms with E-state index in [1.807, 2.05) is 0 Å². The molecule has 1 aromatic heterocycles. The number of benzene rings is 1. The van der Waals surface area contributed by atoms with Crippen molar-refractivity contribution in [3.05, 3.63) is 57.2 Å². The summed E-state index contributed by atoms with van der Waals surface area (Å²) in [5.41, 5.74) is 0.180. The summed E-state index contributed by atoms with van der Waals surface area (Å²) in [6, 6.07) is 7.80. The van der Waals surface area contributed by atoms with Crippen LogP contribution in [0.25, 0.3) is 0 Å². The van der Waals surface area contributed by atoms with Crippen LogP contribution in [-0.2, 0) is 9.53 Å². The summed E-state index contributed by atoms with van der Waals surface area (Å²) in [7, 11) is 0. The SMILES string of the molecule is O=C(COC(=O)c1ccccc1Cl)Nc1ncc(Cl)cc1Cl. The summed E-state index contributed by atoms with van der Waals surface area (Å²) in [6.07, 6.45) is 1.33. The van der Waals surface area contributed by atoms with Crippen molar-refractivity contribution in [1.29, 1.82) is 0 Å². The first-order valence-electron chi connectivity index (χ1n) is 6.00. The molecule has 0 aliphatic carbocycles. The van der Waals surface area contributed by atoms with Gasteiger partial charge in [-0.15, -0.1) is 0 Å². The Morgan fingerprint density at radius 1 is 1.14 bits per heavy atom. The van der Waals surface area contributed by atoms with E-state index in [4.69, 9.17) is 39.5 Å². The summed E-state index contributed by atoms with van der Waals surface area (Å²) < 4.78 is 4.87. The van der Waals surface area contributed by atoms with E-state index in [2.05, 4.69) is 10.3 Å². The van der Waals surface area contributed by atoms with E-state index < -0.39 is 18.5 Å². The van der Waals surface area contributed by atoms with Gasteiger partial charge in [-0.05, 0) is 18.2 Å². The molecule has 0 unspecified atom stereocenters. The normalized spacial score (nSPS) is 10.1. The lowest BCUT2D eigenvalue weighted by atomic mass is 10.2. The molecule has 1 N–H and O–H groups in total. The van der Waals surface area contributed by atoms with Gasteiger partial charge in [0.2, 0.25) is 0 Å². The predicted molar refractivity (Wildman–Crippen MR) is 84.6 cm³/mol. The highest BCUT2D eigenvalue weighted by Gasteiger charge is 2.14. The second-order valence-electron chi connectivity index (χ2n) is 4.09. The molecule has 22 heavy (non-hydrogen) atoms. The number of aromatic nitrogens is 1. The summed E-state index contributed by atoms with van der Waals surface area (Å²) in [4.78, 5) is 27.4. The standard InChI is InChI=1S/C14H9Cl3N2O3/c15-8-5-11(17)13(18-6-8)19-12(20)7-22-14(21)9-3-1-2-4-10(9)16/h1-6H,7H2,(H,18,19,20). The average molecular weight is 360 g/mol. The predicted octanol–water partition coefficient (Wildman–Crippen LogP) is 3.84. The Morgan fingerprint density at radius 3 is 2.55 bits per heavy atom. The number of esters is 1. The Morgan fingerprint density at radius 2 is 1.86 bits per heavy atom. The van der Waals surface area contributed by atoms with Gasteiger partial charge in [0.25, 0.3) is 5.91 Å². The largest absolute Gasteiger partial charge is 0.452 e. The average Bonchev–Trinajstić information content (AvgIpc) is 2.48. The first-order chi connectivity index (χ1) is 10.5. The Balaban J connectivity index is 1.93. The van der Waals surface area contributed by atoms with Crippen LogP contribution in [0.5, 0.6) is 0 Å². The summed E-state index contributed by atoms with van der Waals surface area (Å²) >= 11 is 17.4. The molecule has 0 saturated heterocycles. The van der Waals surface area contributed by atoms with Crippen molar-refractivity contribution in [2.45, 2.75) is 0 Å². The van der Waals surface area contributed by atoms with Crippen molar-refractivity contribution in [2.24, 2.45) is 0 Å². The Kier molecular flexibility index (Phi) is 5.60. The van der Waals surface area contributed by atoms with E-state index in [0.717, 1.165) is 0 Å². The lowest BCUT2D eigenvalue weighted by Crippen LogP contribution is -2.21. The number of rotatable bonds is 4. The third-order valence-corrected chi connectivity index (χ3v) is 3.32. The zero-order chi connectivity index (χ0) is 16.1. The Hall–Kier alpha value is -1.82. The second kappa shape index (κ2) is 7.45. The van der Waals surface area contributed by atoms with E-state index in [1.54, 1.807) is 18.2 Å². The summed E-state index contributed by atoms with van der Waals surface area (Å²) in [5.74, 6) is -1.15. The molecule has 0 fully saturated rings. The maximum atomic E-state index is 11.8. The van der Waals surface area contributed by atoms with Crippen LogP contribution in [0.1, 0.15) is 10.4 Å². The molecule has 0 bridgehead atoms. The number of amides is 1. The fourth-order valence-electron chi connectivity index (χ4n) is 1.51. The number of hydrogen-bond acceptors (Lipinski definition) is 4. The molecule has 1 amide bonds. The van der Waals surface area contributed by atoms with Gasteiger partial charge in [0.15, 0.2) is 12.4 Å².